The Kier molecular flexibility index (Phi) is 5.37. The quantitative estimate of drug-likeness (QED) is 0.803. The topological polar surface area (TPSA) is 46.6 Å². The molecule has 4 nitrogen and oxygen atoms in total. The third kappa shape index (κ3) is 3.12. The molecular formula is C14H17NO3S2. The van der Waals surface area contributed by atoms with Gasteiger partial charge in [0, 0.05) is 5.75 Å². The van der Waals surface area contributed by atoms with Crippen molar-refractivity contribution in [1.82, 2.24) is 4.90 Å². The lowest BCUT2D eigenvalue weighted by Crippen LogP contribution is -2.41. The number of hydrogen-bond donors (Lipinski definition) is 0. The van der Waals surface area contributed by atoms with Crippen molar-refractivity contribution in [3.63, 3.8) is 0 Å². The maximum Gasteiger partial charge on any atom is 0.329 e. The highest BCUT2D eigenvalue weighted by molar-refractivity contribution is 8.13. The summed E-state index contributed by atoms with van der Waals surface area (Å²) in [6.07, 6.45) is 0. The van der Waals surface area contributed by atoms with E-state index in [1.807, 2.05) is 37.3 Å². The zero-order valence-electron chi connectivity index (χ0n) is 11.4. The minimum absolute atomic E-state index is 0.0678. The van der Waals surface area contributed by atoms with Crippen molar-refractivity contribution >= 4 is 34.7 Å². The highest BCUT2D eigenvalue weighted by Crippen LogP contribution is 2.43. The van der Waals surface area contributed by atoms with Gasteiger partial charge in [-0.15, -0.1) is 11.8 Å². The van der Waals surface area contributed by atoms with Crippen molar-refractivity contribution in [2.45, 2.75) is 18.3 Å². The lowest BCUT2D eigenvalue weighted by Gasteiger charge is -2.27. The fourth-order valence-electron chi connectivity index (χ4n) is 2.12. The number of nitrogens with zero attached hydrogens (tertiary/aromatic N) is 1. The summed E-state index contributed by atoms with van der Waals surface area (Å²) in [5, 5.41) is -0.186. The largest absolute Gasteiger partial charge is 0.467 e. The smallest absolute Gasteiger partial charge is 0.329 e. The van der Waals surface area contributed by atoms with Crippen LogP contribution in [0.15, 0.2) is 30.3 Å². The van der Waals surface area contributed by atoms with E-state index in [1.165, 1.54) is 18.9 Å². The van der Waals surface area contributed by atoms with Gasteiger partial charge < -0.3 is 9.64 Å². The predicted octanol–water partition coefficient (Wildman–Crippen LogP) is 3.15. The van der Waals surface area contributed by atoms with Crippen molar-refractivity contribution in [3.05, 3.63) is 35.9 Å². The highest BCUT2D eigenvalue weighted by atomic mass is 32.2. The number of ether oxygens (including phenoxy) is 1. The van der Waals surface area contributed by atoms with Crippen LogP contribution < -0.4 is 0 Å². The summed E-state index contributed by atoms with van der Waals surface area (Å²) in [5.41, 5.74) is 1.04. The second-order valence-corrected chi connectivity index (χ2v) is 6.57. The molecule has 1 aliphatic heterocycles. The molecule has 1 saturated heterocycles. The molecule has 1 aliphatic rings. The minimum Gasteiger partial charge on any atom is -0.467 e. The van der Waals surface area contributed by atoms with Gasteiger partial charge in [0.05, 0.1) is 7.11 Å². The highest BCUT2D eigenvalue weighted by Gasteiger charge is 2.42. The number of carbonyl (C=O) groups is 2. The van der Waals surface area contributed by atoms with E-state index < -0.39 is 6.04 Å². The maximum atomic E-state index is 12.3. The summed E-state index contributed by atoms with van der Waals surface area (Å²) >= 11 is 2.82. The van der Waals surface area contributed by atoms with E-state index in [2.05, 4.69) is 0 Å². The molecule has 1 amide bonds. The van der Waals surface area contributed by atoms with Crippen LogP contribution >= 0.6 is 23.5 Å². The van der Waals surface area contributed by atoms with Crippen LogP contribution in [-0.2, 0) is 9.53 Å². The van der Waals surface area contributed by atoms with Gasteiger partial charge in [0.15, 0.2) is 0 Å². The molecular weight excluding hydrogens is 294 g/mol. The van der Waals surface area contributed by atoms with E-state index in [1.54, 1.807) is 16.7 Å². The lowest BCUT2D eigenvalue weighted by molar-refractivity contribution is -0.144. The molecule has 108 valence electrons. The summed E-state index contributed by atoms with van der Waals surface area (Å²) in [5.74, 6) is 0.915. The summed E-state index contributed by atoms with van der Waals surface area (Å²) in [6, 6.07) is 9.28. The van der Waals surface area contributed by atoms with Crippen LogP contribution in [0.4, 0.5) is 4.79 Å². The average molecular weight is 311 g/mol. The van der Waals surface area contributed by atoms with Gasteiger partial charge in [0.1, 0.15) is 11.4 Å². The Labute approximate surface area is 127 Å². The van der Waals surface area contributed by atoms with Gasteiger partial charge in [-0.05, 0) is 11.3 Å². The molecule has 1 aromatic rings. The van der Waals surface area contributed by atoms with Crippen LogP contribution in [-0.4, -0.2) is 40.8 Å². The van der Waals surface area contributed by atoms with Gasteiger partial charge in [-0.1, -0.05) is 49.0 Å². The Bertz CT molecular complexity index is 481. The molecule has 1 heterocycles. The predicted molar refractivity (Wildman–Crippen MR) is 82.8 cm³/mol. The Morgan fingerprint density at radius 2 is 2.10 bits per heavy atom. The number of esters is 1. The first-order chi connectivity index (χ1) is 9.69. The molecule has 0 aromatic heterocycles. The van der Waals surface area contributed by atoms with E-state index in [4.69, 9.17) is 4.74 Å². The first-order valence-electron chi connectivity index (χ1n) is 6.38. The monoisotopic (exact) mass is 311 g/mol. The second kappa shape index (κ2) is 7.04. The zero-order valence-corrected chi connectivity index (χ0v) is 13.1. The van der Waals surface area contributed by atoms with E-state index in [-0.39, 0.29) is 16.6 Å². The molecule has 0 saturated carbocycles. The van der Waals surface area contributed by atoms with Crippen LogP contribution in [0.1, 0.15) is 17.9 Å². The Morgan fingerprint density at radius 3 is 2.70 bits per heavy atom. The molecule has 0 radical (unpaired) electrons. The first-order valence-corrected chi connectivity index (χ1v) is 8.42. The number of methoxy groups -OCH3 is 1. The van der Waals surface area contributed by atoms with Crippen LogP contribution in [0.3, 0.4) is 0 Å². The van der Waals surface area contributed by atoms with Crippen molar-refractivity contribution in [2.24, 2.45) is 0 Å². The van der Waals surface area contributed by atoms with Crippen LogP contribution in [0.5, 0.6) is 0 Å². The van der Waals surface area contributed by atoms with E-state index in [0.717, 1.165) is 5.56 Å². The van der Waals surface area contributed by atoms with Gasteiger partial charge in [-0.3, -0.25) is 4.79 Å². The summed E-state index contributed by atoms with van der Waals surface area (Å²) in [4.78, 5) is 25.9. The molecule has 0 N–H and O–H groups in total. The Balaban J connectivity index is 2.28. The molecule has 6 heteroatoms. The van der Waals surface area contributed by atoms with Gasteiger partial charge in [-0.2, -0.15) is 0 Å². The normalized spacial score (nSPS) is 21.8. The number of carbonyl (C=O) groups excluding carboxylic acids is 2. The number of rotatable bonds is 3. The average Bonchev–Trinajstić information content (AvgIpc) is 2.92. The van der Waals surface area contributed by atoms with Gasteiger partial charge in [-0.25, -0.2) is 4.79 Å². The van der Waals surface area contributed by atoms with Crippen LogP contribution in [0.25, 0.3) is 0 Å². The number of thioether (sulfide) groups is 2. The number of benzene rings is 1. The van der Waals surface area contributed by atoms with Crippen LogP contribution in [0.2, 0.25) is 0 Å². The number of hydrogen-bond acceptors (Lipinski definition) is 5. The van der Waals surface area contributed by atoms with Crippen molar-refractivity contribution in [3.8, 4) is 0 Å². The fourth-order valence-corrected chi connectivity index (χ4v) is 4.23. The standard InChI is InChI=1S/C14H17NO3S2/c1-3-19-14(17)15-11(13(16)18-2)9-20-12(15)10-7-5-4-6-8-10/h4-8,11-12H,3,9H2,1-2H3. The molecule has 1 aromatic carbocycles. The third-order valence-electron chi connectivity index (χ3n) is 3.04. The minimum atomic E-state index is -0.498. The molecule has 2 atom stereocenters. The molecule has 2 unspecified atom stereocenters. The zero-order chi connectivity index (χ0) is 14.5. The van der Waals surface area contributed by atoms with Crippen molar-refractivity contribution in [1.29, 1.82) is 0 Å². The van der Waals surface area contributed by atoms with E-state index in [9.17, 15) is 9.59 Å². The second-order valence-electron chi connectivity index (χ2n) is 4.24. The van der Waals surface area contributed by atoms with E-state index in [0.29, 0.717) is 11.5 Å². The number of amides is 1. The van der Waals surface area contributed by atoms with Crippen molar-refractivity contribution in [2.75, 3.05) is 18.6 Å². The Hall–Kier alpha value is -1.14. The molecule has 2 rings (SSSR count). The molecule has 0 spiro atoms. The maximum absolute atomic E-state index is 12.3. The fraction of sp³-hybridized carbons (Fsp3) is 0.429. The molecule has 20 heavy (non-hydrogen) atoms. The molecule has 0 bridgehead atoms. The van der Waals surface area contributed by atoms with Gasteiger partial charge in [0.25, 0.3) is 5.24 Å². The summed E-state index contributed by atoms with van der Waals surface area (Å²) in [7, 11) is 1.36. The molecule has 0 aliphatic carbocycles. The lowest BCUT2D eigenvalue weighted by atomic mass is 10.2. The van der Waals surface area contributed by atoms with E-state index >= 15 is 0 Å². The van der Waals surface area contributed by atoms with Gasteiger partial charge in [0.2, 0.25) is 0 Å². The molecule has 1 fully saturated rings. The summed E-state index contributed by atoms with van der Waals surface area (Å²) < 4.78 is 4.82. The first kappa shape index (κ1) is 15.3. The van der Waals surface area contributed by atoms with Gasteiger partial charge >= 0.3 is 5.97 Å². The third-order valence-corrected chi connectivity index (χ3v) is 5.11. The SMILES string of the molecule is CCSC(=O)N1C(C(=O)OC)CSC1c1ccccc1. The van der Waals surface area contributed by atoms with Crippen molar-refractivity contribution < 1.29 is 14.3 Å². The summed E-state index contributed by atoms with van der Waals surface area (Å²) in [6.45, 7) is 1.93. The van der Waals surface area contributed by atoms with Crippen LogP contribution in [0, 0.1) is 0 Å². The Morgan fingerprint density at radius 1 is 1.40 bits per heavy atom.